The summed E-state index contributed by atoms with van der Waals surface area (Å²) >= 11 is 0. The molecule has 27 heavy (non-hydrogen) atoms. The Hall–Kier alpha value is -2.76. The Morgan fingerprint density at radius 1 is 1.07 bits per heavy atom. The van der Waals surface area contributed by atoms with Crippen LogP contribution in [0.4, 0.5) is 10.2 Å². The van der Waals surface area contributed by atoms with E-state index in [4.69, 9.17) is 0 Å². The van der Waals surface area contributed by atoms with E-state index >= 15 is 0 Å². The molecule has 1 heterocycles. The van der Waals surface area contributed by atoms with Crippen LogP contribution >= 0.6 is 0 Å². The lowest BCUT2D eigenvalue weighted by Gasteiger charge is -2.12. The van der Waals surface area contributed by atoms with Gasteiger partial charge in [0.15, 0.2) is 0 Å². The maximum atomic E-state index is 13.6. The Labute approximate surface area is 159 Å². The number of hydrogen-bond acceptors (Lipinski definition) is 4. The molecule has 0 fully saturated rings. The first-order valence-corrected chi connectivity index (χ1v) is 9.48. The summed E-state index contributed by atoms with van der Waals surface area (Å²) in [5.41, 5.74) is 2.39. The standard InChI is InChI=1S/C21H25FN4O/c22-18-9-5-4-8-17(18)11-13-23-20-15-25-19(14-26-20)21(27)24-12-10-16-6-2-1-3-7-16/h4-6,8-9,14-15H,1-3,7,10-13H2,(H,23,26)(H,24,27). The molecule has 0 saturated heterocycles. The third-order valence-electron chi connectivity index (χ3n) is 4.66. The number of anilines is 1. The highest BCUT2D eigenvalue weighted by Gasteiger charge is 2.09. The summed E-state index contributed by atoms with van der Waals surface area (Å²) in [6.45, 7) is 1.16. The molecular formula is C21H25FN4O. The van der Waals surface area contributed by atoms with Gasteiger partial charge in [-0.3, -0.25) is 4.79 Å². The van der Waals surface area contributed by atoms with E-state index in [0.29, 0.717) is 36.6 Å². The molecule has 1 aliphatic carbocycles. The van der Waals surface area contributed by atoms with Crippen LogP contribution in [0.2, 0.25) is 0 Å². The van der Waals surface area contributed by atoms with Crippen molar-refractivity contribution in [1.29, 1.82) is 0 Å². The molecule has 2 N–H and O–H groups in total. The fourth-order valence-corrected chi connectivity index (χ4v) is 3.12. The van der Waals surface area contributed by atoms with Crippen LogP contribution < -0.4 is 10.6 Å². The van der Waals surface area contributed by atoms with Crippen LogP contribution in [0, 0.1) is 5.82 Å². The molecule has 0 aliphatic heterocycles. The number of rotatable bonds is 8. The normalized spacial score (nSPS) is 13.7. The Morgan fingerprint density at radius 3 is 2.70 bits per heavy atom. The number of carbonyl (C=O) groups excluding carboxylic acids is 1. The molecule has 5 nitrogen and oxygen atoms in total. The molecule has 3 rings (SSSR count). The number of benzene rings is 1. The Morgan fingerprint density at radius 2 is 1.96 bits per heavy atom. The first-order valence-electron chi connectivity index (χ1n) is 9.48. The lowest BCUT2D eigenvalue weighted by atomic mass is 9.97. The first kappa shape index (κ1) is 19.0. The van der Waals surface area contributed by atoms with Gasteiger partial charge in [0.2, 0.25) is 0 Å². The second-order valence-corrected chi connectivity index (χ2v) is 6.67. The maximum Gasteiger partial charge on any atom is 0.271 e. The fraction of sp³-hybridized carbons (Fsp3) is 0.381. The van der Waals surface area contributed by atoms with Gasteiger partial charge >= 0.3 is 0 Å². The molecule has 0 spiro atoms. The first-order chi connectivity index (χ1) is 13.2. The molecular weight excluding hydrogens is 343 g/mol. The van der Waals surface area contributed by atoms with E-state index in [1.165, 1.54) is 36.9 Å². The number of carbonyl (C=O) groups is 1. The van der Waals surface area contributed by atoms with E-state index < -0.39 is 0 Å². The fourth-order valence-electron chi connectivity index (χ4n) is 3.12. The molecule has 1 aromatic heterocycles. The number of aromatic nitrogens is 2. The minimum atomic E-state index is -0.211. The monoisotopic (exact) mass is 368 g/mol. The van der Waals surface area contributed by atoms with Crippen molar-refractivity contribution in [2.24, 2.45) is 0 Å². The number of halogens is 1. The third kappa shape index (κ3) is 5.88. The predicted molar refractivity (Wildman–Crippen MR) is 104 cm³/mol. The summed E-state index contributed by atoms with van der Waals surface area (Å²) in [7, 11) is 0. The highest BCUT2D eigenvalue weighted by molar-refractivity contribution is 5.91. The number of hydrogen-bond donors (Lipinski definition) is 2. The summed E-state index contributed by atoms with van der Waals surface area (Å²) in [6, 6.07) is 6.71. The molecule has 6 heteroatoms. The van der Waals surface area contributed by atoms with Crippen LogP contribution in [-0.2, 0) is 6.42 Å². The second-order valence-electron chi connectivity index (χ2n) is 6.67. The highest BCUT2D eigenvalue weighted by Crippen LogP contribution is 2.19. The van der Waals surface area contributed by atoms with E-state index in [9.17, 15) is 9.18 Å². The SMILES string of the molecule is O=C(NCCC1=CCCCC1)c1cnc(NCCc2ccccc2F)cn1. The van der Waals surface area contributed by atoms with E-state index in [1.54, 1.807) is 12.1 Å². The van der Waals surface area contributed by atoms with Gasteiger partial charge in [-0.25, -0.2) is 14.4 Å². The van der Waals surface area contributed by atoms with E-state index in [-0.39, 0.29) is 11.7 Å². The molecule has 0 radical (unpaired) electrons. The summed E-state index contributed by atoms with van der Waals surface area (Å²) in [4.78, 5) is 20.5. The van der Waals surface area contributed by atoms with Gasteiger partial charge in [0.05, 0.1) is 12.4 Å². The zero-order valence-corrected chi connectivity index (χ0v) is 15.4. The molecule has 1 amide bonds. The summed E-state index contributed by atoms with van der Waals surface area (Å²) in [6.07, 6.45) is 11.5. The average Bonchev–Trinajstić information content (AvgIpc) is 2.71. The summed E-state index contributed by atoms with van der Waals surface area (Å²) in [5.74, 6) is 0.147. The van der Waals surface area contributed by atoms with Gasteiger partial charge < -0.3 is 10.6 Å². The van der Waals surface area contributed by atoms with Gasteiger partial charge in [0.1, 0.15) is 17.3 Å². The van der Waals surface area contributed by atoms with Crippen LogP contribution in [0.1, 0.15) is 48.2 Å². The average molecular weight is 368 g/mol. The summed E-state index contributed by atoms with van der Waals surface area (Å²) < 4.78 is 13.6. The highest BCUT2D eigenvalue weighted by atomic mass is 19.1. The van der Waals surface area contributed by atoms with Crippen LogP contribution in [-0.4, -0.2) is 29.0 Å². The smallest absolute Gasteiger partial charge is 0.271 e. The minimum Gasteiger partial charge on any atom is -0.368 e. The van der Waals surface area contributed by atoms with Gasteiger partial charge in [-0.15, -0.1) is 0 Å². The quantitative estimate of drug-likeness (QED) is 0.694. The zero-order valence-electron chi connectivity index (χ0n) is 15.4. The zero-order chi connectivity index (χ0) is 18.9. The van der Waals surface area contributed by atoms with Gasteiger partial charge in [-0.1, -0.05) is 29.8 Å². The third-order valence-corrected chi connectivity index (χ3v) is 4.66. The van der Waals surface area contributed by atoms with Crippen molar-refractivity contribution in [3.8, 4) is 0 Å². The lowest BCUT2D eigenvalue weighted by Crippen LogP contribution is -2.26. The van der Waals surface area contributed by atoms with Crippen LogP contribution in [0.15, 0.2) is 48.3 Å². The van der Waals surface area contributed by atoms with Crippen LogP contribution in [0.3, 0.4) is 0 Å². The molecule has 1 aliphatic rings. The molecule has 1 aromatic carbocycles. The Bertz CT molecular complexity index is 789. The molecule has 2 aromatic rings. The van der Waals surface area contributed by atoms with E-state index in [0.717, 1.165) is 19.3 Å². The largest absolute Gasteiger partial charge is 0.368 e. The number of amides is 1. The Kier molecular flexibility index (Phi) is 6.90. The van der Waals surface area contributed by atoms with Crippen molar-refractivity contribution >= 4 is 11.7 Å². The topological polar surface area (TPSA) is 66.9 Å². The molecule has 0 bridgehead atoms. The van der Waals surface area contributed by atoms with Crippen molar-refractivity contribution < 1.29 is 9.18 Å². The van der Waals surface area contributed by atoms with Crippen molar-refractivity contribution in [3.63, 3.8) is 0 Å². The number of nitrogens with zero attached hydrogens (tertiary/aromatic N) is 2. The molecule has 0 atom stereocenters. The van der Waals surface area contributed by atoms with Gasteiger partial charge in [-0.05, 0) is 50.2 Å². The van der Waals surface area contributed by atoms with Gasteiger partial charge in [0.25, 0.3) is 5.91 Å². The molecule has 0 saturated carbocycles. The van der Waals surface area contributed by atoms with Crippen molar-refractivity contribution in [2.75, 3.05) is 18.4 Å². The molecule has 142 valence electrons. The van der Waals surface area contributed by atoms with Crippen molar-refractivity contribution in [3.05, 3.63) is 65.4 Å². The van der Waals surface area contributed by atoms with Gasteiger partial charge in [-0.2, -0.15) is 0 Å². The van der Waals surface area contributed by atoms with Crippen LogP contribution in [0.5, 0.6) is 0 Å². The number of allylic oxidation sites excluding steroid dienone is 1. The molecule has 0 unspecified atom stereocenters. The van der Waals surface area contributed by atoms with Crippen LogP contribution in [0.25, 0.3) is 0 Å². The lowest BCUT2D eigenvalue weighted by molar-refractivity contribution is 0.0948. The maximum absolute atomic E-state index is 13.6. The van der Waals surface area contributed by atoms with E-state index in [2.05, 4.69) is 26.7 Å². The van der Waals surface area contributed by atoms with E-state index in [1.807, 2.05) is 6.07 Å². The number of nitrogens with one attached hydrogen (secondary N) is 2. The van der Waals surface area contributed by atoms with Crippen molar-refractivity contribution in [1.82, 2.24) is 15.3 Å². The predicted octanol–water partition coefficient (Wildman–Crippen LogP) is 3.89. The minimum absolute atomic E-state index is 0.207. The summed E-state index contributed by atoms with van der Waals surface area (Å²) in [5, 5.41) is 5.99. The Balaban J connectivity index is 1.41. The van der Waals surface area contributed by atoms with Gasteiger partial charge in [0, 0.05) is 13.1 Å². The van der Waals surface area contributed by atoms with Crippen molar-refractivity contribution in [2.45, 2.75) is 38.5 Å². The second kappa shape index (κ2) is 9.80.